The number of aromatic hydroxyl groups is 1. The number of benzene rings is 4. The van der Waals surface area contributed by atoms with Crippen molar-refractivity contribution in [2.24, 2.45) is 0 Å². The van der Waals surface area contributed by atoms with E-state index in [-0.39, 0.29) is 69.5 Å². The van der Waals surface area contributed by atoms with E-state index in [9.17, 15) is 31.5 Å². The normalized spacial score (nSPS) is 11.5. The van der Waals surface area contributed by atoms with Crippen molar-refractivity contribution in [2.45, 2.75) is 63.0 Å². The van der Waals surface area contributed by atoms with Crippen LogP contribution in [-0.2, 0) is 38.6 Å². The zero-order chi connectivity index (χ0) is 46.9. The summed E-state index contributed by atoms with van der Waals surface area (Å²) in [6, 6.07) is 23.3. The Bertz CT molecular complexity index is 2950. The maximum Gasteiger partial charge on any atom is 0.286 e. The average molecular weight is 931 g/mol. The predicted octanol–water partition coefficient (Wildman–Crippen LogP) is 6.74. The third kappa shape index (κ3) is 10.5. The summed E-state index contributed by atoms with van der Waals surface area (Å²) in [6.45, 7) is 3.88. The molecule has 2 heterocycles. The number of nitrogens with zero attached hydrogens (tertiary/aromatic N) is 4. The predicted molar refractivity (Wildman–Crippen MR) is 245 cm³/mol. The van der Waals surface area contributed by atoms with Gasteiger partial charge in [0.1, 0.15) is 40.3 Å². The highest BCUT2D eigenvalue weighted by molar-refractivity contribution is 7.92. The first-order chi connectivity index (χ1) is 31.2. The molecule has 20 heteroatoms. The summed E-state index contributed by atoms with van der Waals surface area (Å²) >= 11 is 0. The second kappa shape index (κ2) is 20.6. The zero-order valence-electron chi connectivity index (χ0n) is 36.7. The fraction of sp³-hybridized carbons (Fsp3) is 0.289. The average Bonchev–Trinajstić information content (AvgIpc) is 3.30. The number of hydrogen-bond donors (Lipinski definition) is 3. The Morgan fingerprint density at radius 2 is 1.11 bits per heavy atom. The molecule has 2 aromatic heterocycles. The van der Waals surface area contributed by atoms with E-state index in [0.717, 1.165) is 4.57 Å². The number of aryl methyl sites for hydroxylation is 2. The van der Waals surface area contributed by atoms with Gasteiger partial charge in [-0.15, -0.1) is 0 Å². The molecule has 4 aromatic carbocycles. The largest absolute Gasteiger partial charge is 0.494 e. The highest BCUT2D eigenvalue weighted by Gasteiger charge is 2.30. The molecule has 6 aromatic rings. The molecule has 6 rings (SSSR count). The summed E-state index contributed by atoms with van der Waals surface area (Å²) in [4.78, 5) is 38.3. The molecule has 18 nitrogen and oxygen atoms in total. The second-order valence-corrected chi connectivity index (χ2v) is 17.9. The van der Waals surface area contributed by atoms with Crippen molar-refractivity contribution >= 4 is 31.4 Å². The summed E-state index contributed by atoms with van der Waals surface area (Å²) in [5, 5.41) is 11.0. The molecule has 0 bridgehead atoms. The fourth-order valence-electron chi connectivity index (χ4n) is 6.90. The highest BCUT2D eigenvalue weighted by Crippen LogP contribution is 2.41. The van der Waals surface area contributed by atoms with Crippen molar-refractivity contribution in [1.82, 2.24) is 19.1 Å². The van der Waals surface area contributed by atoms with Crippen LogP contribution in [0.4, 0.5) is 11.4 Å². The Balaban J connectivity index is 1.57. The molecule has 0 fully saturated rings. The molecule has 3 N–H and O–H groups in total. The Hall–Kier alpha value is -7.06. The van der Waals surface area contributed by atoms with Gasteiger partial charge in [-0.25, -0.2) is 16.8 Å². The van der Waals surface area contributed by atoms with Crippen LogP contribution in [0.3, 0.4) is 0 Å². The third-order valence-electron chi connectivity index (χ3n) is 10.0. The van der Waals surface area contributed by atoms with Gasteiger partial charge < -0.3 is 28.8 Å². The molecule has 0 aliphatic heterocycles. The van der Waals surface area contributed by atoms with Crippen LogP contribution in [0.2, 0.25) is 0 Å². The number of methoxy groups -OCH3 is 4. The molecular formula is C45H50N6O12S2. The summed E-state index contributed by atoms with van der Waals surface area (Å²) in [6.07, 6.45) is 2.87. The van der Waals surface area contributed by atoms with Crippen LogP contribution < -0.4 is 44.2 Å². The lowest BCUT2D eigenvalue weighted by atomic mass is 10.2. The molecule has 0 saturated heterocycles. The van der Waals surface area contributed by atoms with Crippen LogP contribution in [0.15, 0.2) is 105 Å². The van der Waals surface area contributed by atoms with Gasteiger partial charge in [0.15, 0.2) is 22.9 Å². The van der Waals surface area contributed by atoms with Crippen LogP contribution in [0.5, 0.6) is 40.5 Å². The molecule has 0 aliphatic carbocycles. The minimum atomic E-state index is -4.38. The van der Waals surface area contributed by atoms with Gasteiger partial charge in [0.2, 0.25) is 15.9 Å². The Labute approximate surface area is 376 Å². The number of rotatable bonds is 21. The number of hydrogen-bond acceptors (Lipinski definition) is 14. The Kier molecular flexibility index (Phi) is 15.0. The van der Waals surface area contributed by atoms with Gasteiger partial charge in [-0.05, 0) is 42.7 Å². The van der Waals surface area contributed by atoms with Crippen LogP contribution in [0.1, 0.15) is 56.7 Å². The number of unbranched alkanes of at least 4 members (excludes halogenated alkanes) is 2. The van der Waals surface area contributed by atoms with Crippen molar-refractivity contribution in [3.8, 4) is 51.9 Å². The maximum atomic E-state index is 15.0. The van der Waals surface area contributed by atoms with Gasteiger partial charge in [0.25, 0.3) is 27.0 Å². The molecule has 0 amide bonds. The fourth-order valence-corrected chi connectivity index (χ4v) is 9.17. The summed E-state index contributed by atoms with van der Waals surface area (Å²) < 4.78 is 90.8. The molecule has 0 atom stereocenters. The minimum Gasteiger partial charge on any atom is -0.494 e. The van der Waals surface area contributed by atoms with Gasteiger partial charge >= 0.3 is 0 Å². The van der Waals surface area contributed by atoms with Gasteiger partial charge in [0.05, 0.1) is 39.1 Å². The Morgan fingerprint density at radius 3 is 1.63 bits per heavy atom. The van der Waals surface area contributed by atoms with Crippen LogP contribution >= 0.6 is 0 Å². The van der Waals surface area contributed by atoms with E-state index in [2.05, 4.69) is 14.4 Å². The van der Waals surface area contributed by atoms with Gasteiger partial charge in [-0.3, -0.25) is 28.2 Å². The molecule has 0 saturated carbocycles. The quantitative estimate of drug-likeness (QED) is 0.0680. The number of sulfonamides is 2. The first-order valence-corrected chi connectivity index (χ1v) is 23.6. The number of anilines is 2. The number of para-hydroxylation sites is 1. The molecule has 0 spiro atoms. The van der Waals surface area contributed by atoms with Crippen molar-refractivity contribution in [1.29, 1.82) is 0 Å². The summed E-state index contributed by atoms with van der Waals surface area (Å²) in [7, 11) is -3.24. The van der Waals surface area contributed by atoms with Gasteiger partial charge in [-0.1, -0.05) is 81.3 Å². The molecule has 65 heavy (non-hydrogen) atoms. The van der Waals surface area contributed by atoms with E-state index in [1.54, 1.807) is 54.6 Å². The standard InChI is InChI=1S/C45H50N6O12S2/c1-7-9-24-36-46-42(52)38(49-65(57,58)31-20-15-12-16-21-31)44(53)50(36)41-34(61-5)26-30(27-35(41)62-6)63-43-39(48-64(55,56)28-29-18-13-11-14-19-29)45(54)51(37(47-43)25-10-8-2)40-32(59-3)22-17-23-33(40)60-4/h11-23,26-27,48-49,52H,7-10,24-25,28H2,1-6H3. The number of nitrogens with one attached hydrogen (secondary N) is 2. The smallest absolute Gasteiger partial charge is 0.286 e. The lowest BCUT2D eigenvalue weighted by Crippen LogP contribution is -2.30. The van der Waals surface area contributed by atoms with Crippen LogP contribution in [0, 0.1) is 0 Å². The van der Waals surface area contributed by atoms with E-state index in [0.29, 0.717) is 31.2 Å². The van der Waals surface area contributed by atoms with Crippen molar-refractivity contribution < 1.29 is 45.6 Å². The van der Waals surface area contributed by atoms with Crippen LogP contribution in [0.25, 0.3) is 11.4 Å². The van der Waals surface area contributed by atoms with Gasteiger partial charge in [-0.2, -0.15) is 9.97 Å². The van der Waals surface area contributed by atoms with E-state index in [4.69, 9.17) is 28.7 Å². The van der Waals surface area contributed by atoms with E-state index < -0.39 is 60.1 Å². The molecular weight excluding hydrogens is 881 g/mol. The summed E-state index contributed by atoms with van der Waals surface area (Å²) in [5.41, 5.74) is -2.55. The molecule has 0 radical (unpaired) electrons. The SMILES string of the molecule is CCCCc1nc(O)c(NS(=O)(=O)c2ccccc2)c(=O)n1-c1c(OC)cc(Oc2nc(CCCC)n(-c3c(OC)cccc3OC)c(=O)c2NS(=O)(=O)Cc2ccccc2)cc1OC. The summed E-state index contributed by atoms with van der Waals surface area (Å²) in [5.74, 6) is -1.25. The first kappa shape index (κ1) is 47.4. The lowest BCUT2D eigenvalue weighted by molar-refractivity contribution is 0.379. The van der Waals surface area contributed by atoms with Crippen LogP contribution in [-0.4, -0.2) is 69.5 Å². The van der Waals surface area contributed by atoms with Crippen molar-refractivity contribution in [3.63, 3.8) is 0 Å². The molecule has 344 valence electrons. The topological polar surface area (TPSA) is 228 Å². The van der Waals surface area contributed by atoms with Gasteiger partial charge in [0, 0.05) is 25.0 Å². The van der Waals surface area contributed by atoms with E-state index in [1.165, 1.54) is 69.4 Å². The lowest BCUT2D eigenvalue weighted by Gasteiger charge is -2.22. The Morgan fingerprint density at radius 1 is 0.615 bits per heavy atom. The van der Waals surface area contributed by atoms with E-state index in [1.807, 2.05) is 13.8 Å². The zero-order valence-corrected chi connectivity index (χ0v) is 38.3. The first-order valence-electron chi connectivity index (χ1n) is 20.5. The number of aromatic nitrogens is 4. The van der Waals surface area contributed by atoms with Crippen molar-refractivity contribution in [3.05, 3.63) is 129 Å². The monoisotopic (exact) mass is 930 g/mol. The molecule has 0 aliphatic rings. The minimum absolute atomic E-state index is 0.0369. The maximum absolute atomic E-state index is 15.0. The molecule has 0 unspecified atom stereocenters. The van der Waals surface area contributed by atoms with E-state index >= 15 is 0 Å². The third-order valence-corrected chi connectivity index (χ3v) is 12.6. The van der Waals surface area contributed by atoms with Crippen molar-refractivity contribution in [2.75, 3.05) is 37.9 Å². The second-order valence-electron chi connectivity index (χ2n) is 14.5. The highest BCUT2D eigenvalue weighted by atomic mass is 32.2. The number of ether oxygens (including phenoxy) is 5.